The number of thioether (sulfide) groups is 2. The van der Waals surface area contributed by atoms with Crippen molar-refractivity contribution in [1.82, 2.24) is 35.3 Å². The number of aromatic amines is 1. The highest BCUT2D eigenvalue weighted by atomic mass is 32.2. The zero-order chi connectivity index (χ0) is 51.6. The van der Waals surface area contributed by atoms with Crippen molar-refractivity contribution >= 4 is 69.4 Å². The van der Waals surface area contributed by atoms with E-state index in [1.165, 1.54) is 42.0 Å². The predicted octanol–water partition coefficient (Wildman–Crippen LogP) is 6.57. The van der Waals surface area contributed by atoms with Gasteiger partial charge < -0.3 is 25.5 Å². The minimum absolute atomic E-state index is 0.0339. The number of allylic oxidation sites excluding steroid dienone is 1. The van der Waals surface area contributed by atoms with Crippen LogP contribution in [0, 0.1) is 0 Å². The molecule has 2 aliphatic rings. The van der Waals surface area contributed by atoms with E-state index in [0.717, 1.165) is 33.0 Å². The maximum atomic E-state index is 14.7. The van der Waals surface area contributed by atoms with Crippen LogP contribution in [0.5, 0.6) is 0 Å². The van der Waals surface area contributed by atoms with E-state index in [9.17, 15) is 28.8 Å². The van der Waals surface area contributed by atoms with Gasteiger partial charge in [-0.3, -0.25) is 33.4 Å². The van der Waals surface area contributed by atoms with Crippen molar-refractivity contribution in [3.8, 4) is 0 Å². The number of hydrogen-bond acceptors (Lipinski definition) is 15. The van der Waals surface area contributed by atoms with Crippen LogP contribution in [0.25, 0.3) is 0 Å². The number of fused-ring (bicyclic) bond motifs is 1. The number of carbonyl (C=O) groups is 4. The number of H-pyrrole nitrogens is 1. The van der Waals surface area contributed by atoms with E-state index in [4.69, 9.17) is 14.6 Å². The van der Waals surface area contributed by atoms with Gasteiger partial charge in [-0.25, -0.2) is 14.9 Å². The molecule has 7 aromatic rings. The molecule has 2 aliphatic heterocycles. The molecule has 4 N–H and O–H groups in total. The summed E-state index contributed by atoms with van der Waals surface area (Å²) in [6, 6.07) is 47.3. The van der Waals surface area contributed by atoms with Gasteiger partial charge in [0.25, 0.3) is 11.8 Å². The molecule has 374 valence electrons. The molecule has 4 heterocycles. The van der Waals surface area contributed by atoms with Crippen LogP contribution in [0.15, 0.2) is 200 Å². The Hall–Kier alpha value is -8.33. The summed E-state index contributed by atoms with van der Waals surface area (Å²) >= 11 is 3.56. The first-order valence-electron chi connectivity index (χ1n) is 23.2. The molecule has 1 saturated heterocycles. The minimum atomic E-state index is -1.10. The van der Waals surface area contributed by atoms with E-state index in [0.29, 0.717) is 21.8 Å². The van der Waals surface area contributed by atoms with Gasteiger partial charge in [0.2, 0.25) is 5.91 Å². The van der Waals surface area contributed by atoms with Gasteiger partial charge in [-0.2, -0.15) is 0 Å². The molecule has 2 atom stereocenters. The first-order chi connectivity index (χ1) is 36.1. The zero-order valence-corrected chi connectivity index (χ0v) is 42.2. The molecule has 17 nitrogen and oxygen atoms in total. The predicted molar refractivity (Wildman–Crippen MR) is 284 cm³/mol. The van der Waals surface area contributed by atoms with Crippen LogP contribution in [-0.4, -0.2) is 84.9 Å². The maximum absolute atomic E-state index is 14.7. The van der Waals surface area contributed by atoms with E-state index >= 15 is 0 Å². The molecule has 2 unspecified atom stereocenters. The molecule has 2 aromatic heterocycles. The Morgan fingerprint density at radius 3 is 1.97 bits per heavy atom. The van der Waals surface area contributed by atoms with E-state index in [1.807, 2.05) is 152 Å². The number of amides is 3. The van der Waals surface area contributed by atoms with Crippen LogP contribution in [0.1, 0.15) is 46.5 Å². The van der Waals surface area contributed by atoms with Gasteiger partial charge in [-0.15, -0.1) is 28.2 Å². The first-order valence-corrected chi connectivity index (χ1v) is 26.0. The highest BCUT2D eigenvalue weighted by Crippen LogP contribution is 2.43. The van der Waals surface area contributed by atoms with Crippen LogP contribution in [0.2, 0.25) is 0 Å². The summed E-state index contributed by atoms with van der Waals surface area (Å²) in [5, 5.41) is 22.6. The summed E-state index contributed by atoms with van der Waals surface area (Å²) in [5.74, 6) is -2.24. The molecule has 0 radical (unpaired) electrons. The number of esters is 1. The summed E-state index contributed by atoms with van der Waals surface area (Å²) in [7, 11) is 1.31. The molecule has 9 rings (SSSR count). The number of rotatable bonds is 19. The number of thiazole rings is 1. The van der Waals surface area contributed by atoms with Crippen LogP contribution in [0.3, 0.4) is 0 Å². The number of β-lactam (4-membered cyclic amide) rings is 1. The molecule has 0 aliphatic carbocycles. The van der Waals surface area contributed by atoms with E-state index in [1.54, 1.807) is 16.9 Å². The van der Waals surface area contributed by atoms with Crippen molar-refractivity contribution in [3.63, 3.8) is 0 Å². The van der Waals surface area contributed by atoms with Crippen LogP contribution >= 0.6 is 34.9 Å². The van der Waals surface area contributed by atoms with Gasteiger partial charge in [0.1, 0.15) is 35.5 Å². The number of carbonyl (C=O) groups excluding carboxylic acids is 4. The molecule has 0 saturated carbocycles. The van der Waals surface area contributed by atoms with E-state index in [2.05, 4.69) is 31.3 Å². The average Bonchev–Trinajstić information content (AvgIpc) is 3.91. The average molecular weight is 1050 g/mol. The largest absolute Gasteiger partial charge is 0.448 e. The van der Waals surface area contributed by atoms with Gasteiger partial charge in [-0.1, -0.05) is 169 Å². The van der Waals surface area contributed by atoms with Gasteiger partial charge >= 0.3 is 17.1 Å². The molecule has 0 bridgehead atoms. The lowest BCUT2D eigenvalue weighted by Gasteiger charge is -2.49. The summed E-state index contributed by atoms with van der Waals surface area (Å²) < 4.78 is 7.46. The van der Waals surface area contributed by atoms with E-state index in [-0.39, 0.29) is 47.0 Å². The molecular formula is C54H47N9O8S3. The topological polar surface area (TPSA) is 219 Å². The summed E-state index contributed by atoms with van der Waals surface area (Å²) in [6.45, 7) is 1.36. The quantitative estimate of drug-likeness (QED) is 0.0128. The number of ether oxygens (including phenoxy) is 1. The minimum Gasteiger partial charge on any atom is -0.448 e. The molecular weight excluding hydrogens is 999 g/mol. The standard InChI is InChI=1S/C54H47N9O8S3/c1-34(64)55-29-30-62-49(68)47(66)59-60-53(62)72-31-28-37-32-73-50-43(48(67)63(50)44(37)51(69)71-45(35-18-8-3-9-19-35)36-20-10-4-11-21-36)57-46(65)42(61-70-2)41-33-74-52(56-41)58-54(38-22-12-5-13-23-38,39-24-14-6-15-25-39)40-26-16-7-17-27-40/h3-28,31,33,43,45,50H,29-30,32H2,1-2H3,(H,55,64)(H,56,58)(H,57,65)(H,59,66)/b31-28+,61-42-. The Morgan fingerprint density at radius 2 is 1.42 bits per heavy atom. The zero-order valence-electron chi connectivity index (χ0n) is 39.7. The second-order valence-corrected chi connectivity index (χ2v) is 19.5. The molecule has 0 spiro atoms. The lowest BCUT2D eigenvalue weighted by molar-refractivity contribution is -0.154. The molecule has 20 heteroatoms. The van der Waals surface area contributed by atoms with Crippen molar-refractivity contribution in [3.05, 3.63) is 234 Å². The van der Waals surface area contributed by atoms with Crippen molar-refractivity contribution in [1.29, 1.82) is 0 Å². The smallest absolute Gasteiger partial charge is 0.356 e. The van der Waals surface area contributed by atoms with Crippen LogP contribution < -0.4 is 27.1 Å². The van der Waals surface area contributed by atoms with Crippen molar-refractivity contribution in [2.45, 2.75) is 41.7 Å². The highest BCUT2D eigenvalue weighted by molar-refractivity contribution is 8.02. The van der Waals surface area contributed by atoms with Gasteiger partial charge in [0.05, 0.1) is 0 Å². The Morgan fingerprint density at radius 1 is 0.851 bits per heavy atom. The van der Waals surface area contributed by atoms with E-state index < -0.39 is 52.0 Å². The van der Waals surface area contributed by atoms with Crippen LogP contribution in [-0.2, 0) is 40.8 Å². The number of hydrogen-bond donors (Lipinski definition) is 4. The first kappa shape index (κ1) is 50.6. The lowest BCUT2D eigenvalue weighted by atomic mass is 9.77. The number of benzene rings is 5. The van der Waals surface area contributed by atoms with Gasteiger partial charge in [0, 0.05) is 31.1 Å². The van der Waals surface area contributed by atoms with Gasteiger partial charge in [0.15, 0.2) is 22.1 Å². The van der Waals surface area contributed by atoms with Crippen LogP contribution in [0.4, 0.5) is 5.13 Å². The Bertz CT molecular complexity index is 3240. The number of oxime groups is 1. The number of aromatic nitrogens is 4. The molecule has 1 fully saturated rings. The summed E-state index contributed by atoms with van der Waals surface area (Å²) in [4.78, 5) is 91.6. The molecule has 74 heavy (non-hydrogen) atoms. The normalized spacial score (nSPS) is 15.6. The highest BCUT2D eigenvalue weighted by Gasteiger charge is 2.55. The van der Waals surface area contributed by atoms with Crippen molar-refractivity contribution in [2.24, 2.45) is 5.16 Å². The lowest BCUT2D eigenvalue weighted by Crippen LogP contribution is -2.71. The Balaban J connectivity index is 1.000. The third kappa shape index (κ3) is 10.7. The van der Waals surface area contributed by atoms with Crippen molar-refractivity contribution in [2.75, 3.05) is 24.7 Å². The van der Waals surface area contributed by atoms with Gasteiger partial charge in [-0.05, 0) is 44.9 Å². The monoisotopic (exact) mass is 1050 g/mol. The number of nitrogens with one attached hydrogen (secondary N) is 4. The summed E-state index contributed by atoms with van der Waals surface area (Å²) in [6.07, 6.45) is 0.752. The SMILES string of the molecule is CO/N=C(\C(=O)NC1C(=O)N2C(C(=O)OC(c3ccccc3)c3ccccc3)=C(/C=C/Sc3n[nH]c(=O)c(=O)n3CCNC(C)=O)CSC12)c1csc(NC(c2ccccc2)(c2ccccc2)c2ccccc2)n1. The fourth-order valence-corrected chi connectivity index (χ4v) is 11.4. The summed E-state index contributed by atoms with van der Waals surface area (Å²) in [5.41, 5.74) is 1.91. The Kier molecular flexibility index (Phi) is 15.8. The third-order valence-corrected chi connectivity index (χ3v) is 14.9. The fraction of sp³-hybridized carbons (Fsp3) is 0.167. The second kappa shape index (κ2) is 23.0. The Labute approximate surface area is 436 Å². The second-order valence-electron chi connectivity index (χ2n) is 16.7. The number of anilines is 1. The fourth-order valence-electron chi connectivity index (χ4n) is 8.62. The number of nitrogens with zero attached hydrogens (tertiary/aromatic N) is 5. The van der Waals surface area contributed by atoms with Crippen molar-refractivity contribution < 1.29 is 28.8 Å². The molecule has 5 aromatic carbocycles. The maximum Gasteiger partial charge on any atom is 0.356 e. The third-order valence-electron chi connectivity index (χ3n) is 12.0. The molecule has 3 amide bonds.